The fourth-order valence-electron chi connectivity index (χ4n) is 2.73. The lowest BCUT2D eigenvalue weighted by atomic mass is 10.1. The smallest absolute Gasteiger partial charge is 0.266 e. The molecule has 1 saturated heterocycles. The third kappa shape index (κ3) is 4.50. The largest absolute Gasteiger partial charge is 0.356 e. The molecule has 1 aliphatic rings. The van der Waals surface area contributed by atoms with Crippen molar-refractivity contribution in [1.29, 1.82) is 5.41 Å². The minimum Gasteiger partial charge on any atom is -0.356 e. The van der Waals surface area contributed by atoms with Crippen molar-refractivity contribution in [3.05, 3.63) is 29.8 Å². The van der Waals surface area contributed by atoms with Crippen LogP contribution in [0.5, 0.6) is 0 Å². The van der Waals surface area contributed by atoms with Crippen LogP contribution in [0.3, 0.4) is 0 Å². The van der Waals surface area contributed by atoms with Crippen molar-refractivity contribution in [2.75, 3.05) is 26.2 Å². The number of sulfonamides is 1. The van der Waals surface area contributed by atoms with E-state index in [1.807, 2.05) is 6.92 Å². The summed E-state index contributed by atoms with van der Waals surface area (Å²) in [5.74, 6) is 0.0524. The zero-order valence-corrected chi connectivity index (χ0v) is 15.6. The van der Waals surface area contributed by atoms with E-state index in [2.05, 4.69) is 5.32 Å². The van der Waals surface area contributed by atoms with Gasteiger partial charge in [0, 0.05) is 26.1 Å². The van der Waals surface area contributed by atoms with Gasteiger partial charge in [-0.2, -0.15) is 0 Å². The van der Waals surface area contributed by atoms with Crippen molar-refractivity contribution in [3.63, 3.8) is 0 Å². The predicted molar refractivity (Wildman–Crippen MR) is 96.9 cm³/mol. The summed E-state index contributed by atoms with van der Waals surface area (Å²) in [6, 6.07) is 6.66. The molecule has 0 radical (unpaired) electrons. The van der Waals surface area contributed by atoms with Gasteiger partial charge in [0.25, 0.3) is 10.0 Å². The molecule has 1 amide bonds. The molecule has 0 saturated carbocycles. The highest BCUT2D eigenvalue weighted by molar-refractivity contribution is 7.89. The van der Waals surface area contributed by atoms with Crippen LogP contribution in [-0.4, -0.2) is 55.7 Å². The number of benzene rings is 1. The second kappa shape index (κ2) is 8.33. The highest BCUT2D eigenvalue weighted by Crippen LogP contribution is 2.21. The van der Waals surface area contributed by atoms with Gasteiger partial charge in [-0.25, -0.2) is 12.7 Å². The summed E-state index contributed by atoms with van der Waals surface area (Å²) in [5, 5.41) is 10.9. The molecule has 1 heterocycles. The number of amides is 1. The summed E-state index contributed by atoms with van der Waals surface area (Å²) < 4.78 is 26.7. The molecule has 0 bridgehead atoms. The molecule has 0 atom stereocenters. The Hall–Kier alpha value is -2.09. The second-order valence-electron chi connectivity index (χ2n) is 5.99. The summed E-state index contributed by atoms with van der Waals surface area (Å²) in [6.07, 6.45) is 1.98. The predicted octanol–water partition coefficient (Wildman–Crippen LogP) is 1.41. The molecule has 7 nitrogen and oxygen atoms in total. The van der Waals surface area contributed by atoms with Crippen molar-refractivity contribution in [1.82, 2.24) is 14.5 Å². The monoisotopic (exact) mass is 366 g/mol. The first-order chi connectivity index (χ1) is 11.9. The molecule has 25 heavy (non-hydrogen) atoms. The minimum atomic E-state index is -3.70. The van der Waals surface area contributed by atoms with E-state index in [-0.39, 0.29) is 16.8 Å². The molecule has 1 aromatic rings. The van der Waals surface area contributed by atoms with E-state index < -0.39 is 10.0 Å². The van der Waals surface area contributed by atoms with E-state index in [0.717, 1.165) is 12.0 Å². The van der Waals surface area contributed by atoms with Crippen LogP contribution in [0.2, 0.25) is 0 Å². The molecule has 2 rings (SSSR count). The van der Waals surface area contributed by atoms with Crippen molar-refractivity contribution in [3.8, 4) is 0 Å². The molecular weight excluding hydrogens is 340 g/mol. The molecule has 0 spiro atoms. The second-order valence-corrected chi connectivity index (χ2v) is 7.85. The number of nitrogens with one attached hydrogen (secondary N) is 2. The molecule has 1 aliphatic heterocycles. The van der Waals surface area contributed by atoms with Crippen molar-refractivity contribution in [2.45, 2.75) is 38.0 Å². The molecule has 1 fully saturated rings. The van der Waals surface area contributed by atoms with Gasteiger partial charge in [0.1, 0.15) is 0 Å². The van der Waals surface area contributed by atoms with Crippen LogP contribution in [0.1, 0.15) is 32.3 Å². The van der Waals surface area contributed by atoms with Crippen molar-refractivity contribution >= 4 is 21.9 Å². The number of guanidine groups is 1. The first-order valence-corrected chi connectivity index (χ1v) is 10.1. The quantitative estimate of drug-likeness (QED) is 0.727. The van der Waals surface area contributed by atoms with Crippen LogP contribution in [0.25, 0.3) is 0 Å². The lowest BCUT2D eigenvalue weighted by Crippen LogP contribution is -2.37. The Morgan fingerprint density at radius 2 is 1.88 bits per heavy atom. The van der Waals surface area contributed by atoms with E-state index in [1.54, 1.807) is 36.1 Å². The number of nitrogens with zero attached hydrogens (tertiary/aromatic N) is 2. The number of rotatable bonds is 8. The maximum Gasteiger partial charge on any atom is 0.266 e. The van der Waals surface area contributed by atoms with Gasteiger partial charge in [-0.15, -0.1) is 0 Å². The highest BCUT2D eigenvalue weighted by Gasteiger charge is 2.34. The summed E-state index contributed by atoms with van der Waals surface area (Å²) >= 11 is 0. The van der Waals surface area contributed by atoms with Gasteiger partial charge in [-0.1, -0.05) is 26.0 Å². The maximum atomic E-state index is 12.7. The molecule has 0 unspecified atom stereocenters. The lowest BCUT2D eigenvalue weighted by molar-refractivity contribution is -0.120. The fraction of sp³-hybridized carbons (Fsp3) is 0.529. The standard InChI is InChI=1S/C17H26N4O3S/c1-3-11-20-12-13-21(17(20)18)25(23,24)15-7-5-14(6-8-15)9-10-19-16(22)4-2/h5-8,18H,3-4,9-13H2,1-2H3,(H,19,22). The van der Waals surface area contributed by atoms with Crippen LogP contribution in [0, 0.1) is 5.41 Å². The van der Waals surface area contributed by atoms with Crippen LogP contribution in [0.15, 0.2) is 29.2 Å². The number of carbonyl (C=O) groups excluding carboxylic acids is 1. The van der Waals surface area contributed by atoms with E-state index in [1.165, 1.54) is 4.31 Å². The van der Waals surface area contributed by atoms with Crippen LogP contribution in [0.4, 0.5) is 0 Å². The molecule has 0 aromatic heterocycles. The van der Waals surface area contributed by atoms with Crippen LogP contribution in [-0.2, 0) is 21.2 Å². The third-order valence-electron chi connectivity index (χ3n) is 4.17. The average molecular weight is 366 g/mol. The van der Waals surface area contributed by atoms with Gasteiger partial charge < -0.3 is 10.2 Å². The van der Waals surface area contributed by atoms with E-state index in [0.29, 0.717) is 39.0 Å². The van der Waals surface area contributed by atoms with E-state index in [4.69, 9.17) is 5.41 Å². The Bertz CT molecular complexity index is 716. The zero-order valence-electron chi connectivity index (χ0n) is 14.8. The van der Waals surface area contributed by atoms with Crippen molar-refractivity contribution < 1.29 is 13.2 Å². The lowest BCUT2D eigenvalue weighted by Gasteiger charge is -2.21. The van der Waals surface area contributed by atoms with Gasteiger partial charge in [0.2, 0.25) is 11.9 Å². The molecule has 0 aliphatic carbocycles. The fourth-order valence-corrected chi connectivity index (χ4v) is 4.13. The minimum absolute atomic E-state index is 0.00313. The van der Waals surface area contributed by atoms with Crippen LogP contribution < -0.4 is 5.32 Å². The average Bonchev–Trinajstić information content (AvgIpc) is 2.97. The Morgan fingerprint density at radius 3 is 2.48 bits per heavy atom. The summed E-state index contributed by atoms with van der Waals surface area (Å²) in [4.78, 5) is 13.2. The Kier molecular flexibility index (Phi) is 6.41. The van der Waals surface area contributed by atoms with Gasteiger partial charge in [0.05, 0.1) is 11.4 Å². The molecule has 8 heteroatoms. The normalized spacial score (nSPS) is 14.9. The van der Waals surface area contributed by atoms with Crippen molar-refractivity contribution in [2.24, 2.45) is 0 Å². The first-order valence-electron chi connectivity index (χ1n) is 8.62. The highest BCUT2D eigenvalue weighted by atomic mass is 32.2. The van der Waals surface area contributed by atoms with Gasteiger partial charge >= 0.3 is 0 Å². The number of hydrogen-bond donors (Lipinski definition) is 2. The van der Waals surface area contributed by atoms with Gasteiger partial charge in [-0.05, 0) is 30.5 Å². The maximum absolute atomic E-state index is 12.7. The Morgan fingerprint density at radius 1 is 1.20 bits per heavy atom. The molecule has 1 aromatic carbocycles. The topological polar surface area (TPSA) is 93.6 Å². The Balaban J connectivity index is 2.03. The SMILES string of the molecule is CCCN1CCN(S(=O)(=O)c2ccc(CCNC(=O)CC)cc2)C1=N. The Labute approximate surface area is 149 Å². The summed E-state index contributed by atoms with van der Waals surface area (Å²) in [6.45, 7) is 5.89. The first kappa shape index (κ1) is 19.2. The molecule has 2 N–H and O–H groups in total. The summed E-state index contributed by atoms with van der Waals surface area (Å²) in [7, 11) is -3.70. The molecular formula is C17H26N4O3S. The van der Waals surface area contributed by atoms with Gasteiger partial charge in [-0.3, -0.25) is 10.2 Å². The van der Waals surface area contributed by atoms with E-state index >= 15 is 0 Å². The summed E-state index contributed by atoms with van der Waals surface area (Å²) in [5.41, 5.74) is 0.958. The number of hydrogen-bond acceptors (Lipinski definition) is 4. The third-order valence-corrected chi connectivity index (χ3v) is 5.97. The number of carbonyl (C=O) groups is 1. The molecule has 138 valence electrons. The zero-order chi connectivity index (χ0) is 18.4. The van der Waals surface area contributed by atoms with Gasteiger partial charge in [0.15, 0.2) is 0 Å². The van der Waals surface area contributed by atoms with E-state index in [9.17, 15) is 13.2 Å². The van der Waals surface area contributed by atoms with Crippen LogP contribution >= 0.6 is 0 Å².